The Balaban J connectivity index is 0.00000225. The summed E-state index contributed by atoms with van der Waals surface area (Å²) in [7, 11) is 1.64. The summed E-state index contributed by atoms with van der Waals surface area (Å²) >= 11 is 0. The zero-order valence-electron chi connectivity index (χ0n) is 9.26. The Morgan fingerprint density at radius 1 is 1.62 bits per heavy atom. The van der Waals surface area contributed by atoms with Crippen LogP contribution < -0.4 is 0 Å². The third kappa shape index (κ3) is 3.91. The van der Waals surface area contributed by atoms with E-state index in [1.54, 1.807) is 13.2 Å². The number of rotatable bonds is 3. The molecule has 0 aromatic carbocycles. The van der Waals surface area contributed by atoms with Gasteiger partial charge in [-0.3, -0.25) is 4.79 Å². The van der Waals surface area contributed by atoms with E-state index >= 15 is 0 Å². The molecular weight excluding hydrogens is 289 g/mol. The number of carbonyl (C=O) groups excluding carboxylic acids is 1. The predicted octanol–water partition coefficient (Wildman–Crippen LogP) is 2.30. The third-order valence-corrected chi connectivity index (χ3v) is 2.06. The molecule has 16 heavy (non-hydrogen) atoms. The molecule has 1 heterocycles. The molecule has 1 rings (SSSR count). The van der Waals surface area contributed by atoms with E-state index in [0.29, 0.717) is 16.7 Å². The van der Waals surface area contributed by atoms with Crippen molar-refractivity contribution in [3.63, 3.8) is 0 Å². The van der Waals surface area contributed by atoms with Crippen LogP contribution in [0.15, 0.2) is 29.5 Å². The Morgan fingerprint density at radius 3 is 2.62 bits per heavy atom. The molecule has 0 saturated heterocycles. The molecule has 0 aromatic heterocycles. The van der Waals surface area contributed by atoms with E-state index in [1.807, 2.05) is 0 Å². The zero-order valence-corrected chi connectivity index (χ0v) is 12.1. The molecule has 1 aliphatic heterocycles. The van der Waals surface area contributed by atoms with E-state index in [0.717, 1.165) is 0 Å². The minimum Gasteiger partial charge on any atom is -0.463 e. The number of hydrogen-bond acceptors (Lipinski definition) is 2. The average molecular weight is 301 g/mol. The molecule has 2 nitrogen and oxygen atoms in total. The van der Waals surface area contributed by atoms with Crippen molar-refractivity contribution in [3.8, 4) is 0 Å². The summed E-state index contributed by atoms with van der Waals surface area (Å²) in [5, 5.41) is 0. The van der Waals surface area contributed by atoms with Gasteiger partial charge in [0.1, 0.15) is 5.78 Å². The fraction of sp³-hybridized carbons (Fsp3) is 0.364. The second-order valence-corrected chi connectivity index (χ2v) is 3.37. The maximum atomic E-state index is 12.2. The molecular formula is C11H12F2NOY-. The van der Waals surface area contributed by atoms with Crippen molar-refractivity contribution >= 4 is 5.78 Å². The number of allylic oxidation sites excluding steroid dienone is 3. The van der Waals surface area contributed by atoms with Gasteiger partial charge in [0.25, 0.3) is 0 Å². The van der Waals surface area contributed by atoms with Gasteiger partial charge in [0.2, 0.25) is 6.43 Å². The van der Waals surface area contributed by atoms with E-state index in [1.165, 1.54) is 11.8 Å². The van der Waals surface area contributed by atoms with Crippen molar-refractivity contribution < 1.29 is 46.3 Å². The Hall–Kier alpha value is -0.346. The van der Waals surface area contributed by atoms with Gasteiger partial charge in [-0.25, -0.2) is 8.78 Å². The monoisotopic (exact) mass is 301 g/mol. The van der Waals surface area contributed by atoms with Crippen molar-refractivity contribution in [1.29, 1.82) is 0 Å². The molecule has 5 heteroatoms. The van der Waals surface area contributed by atoms with Gasteiger partial charge in [0.05, 0.1) is 0 Å². The van der Waals surface area contributed by atoms with Crippen LogP contribution in [0.5, 0.6) is 0 Å². The van der Waals surface area contributed by atoms with E-state index in [-0.39, 0.29) is 38.5 Å². The largest absolute Gasteiger partial charge is 0.463 e. The predicted molar refractivity (Wildman–Crippen MR) is 53.0 cm³/mol. The smallest absolute Gasteiger partial charge is 0.240 e. The molecule has 0 atom stereocenters. The first kappa shape index (κ1) is 15.7. The minimum absolute atomic E-state index is 0. The first-order valence-corrected chi connectivity index (χ1v) is 4.47. The van der Waals surface area contributed by atoms with Gasteiger partial charge in [-0.05, 0) is 14.0 Å². The standard InChI is InChI=1S/C11H12F2NO.Y/c1-7-9(4-11(12)13)5-14(3)6-10(7)8(2)15;/h6,11H,1,4H2,2-3H3;/q-1;. The van der Waals surface area contributed by atoms with Crippen LogP contribution in [0.25, 0.3) is 0 Å². The van der Waals surface area contributed by atoms with Gasteiger partial charge >= 0.3 is 0 Å². The molecule has 0 aromatic rings. The molecule has 0 fully saturated rings. The number of hydrogen-bond donors (Lipinski definition) is 0. The maximum Gasteiger partial charge on any atom is 0.240 e. The third-order valence-electron chi connectivity index (χ3n) is 2.06. The molecule has 85 valence electrons. The first-order chi connectivity index (χ1) is 6.91. The fourth-order valence-electron chi connectivity index (χ4n) is 1.37. The van der Waals surface area contributed by atoms with Crippen LogP contribution in [0.2, 0.25) is 0 Å². The van der Waals surface area contributed by atoms with Gasteiger partial charge in [-0.2, -0.15) is 0 Å². The molecule has 1 aliphatic rings. The first-order valence-electron chi connectivity index (χ1n) is 4.47. The van der Waals surface area contributed by atoms with Crippen LogP contribution in [0.4, 0.5) is 8.78 Å². The Kier molecular flexibility index (Phi) is 6.27. The van der Waals surface area contributed by atoms with Crippen molar-refractivity contribution in [2.45, 2.75) is 19.8 Å². The van der Waals surface area contributed by atoms with Crippen molar-refractivity contribution in [2.75, 3.05) is 7.05 Å². The van der Waals surface area contributed by atoms with Gasteiger partial charge in [0.15, 0.2) is 0 Å². The SMILES string of the molecule is C=C1C(CC(F)F)=[C-]N(C)C=C1C(C)=O.[Y]. The van der Waals surface area contributed by atoms with Gasteiger partial charge in [-0.15, -0.1) is 17.7 Å². The van der Waals surface area contributed by atoms with Crippen LogP contribution in [0.3, 0.4) is 0 Å². The topological polar surface area (TPSA) is 20.3 Å². The fourth-order valence-corrected chi connectivity index (χ4v) is 1.37. The van der Waals surface area contributed by atoms with Crippen LogP contribution in [0, 0.1) is 6.20 Å². The Morgan fingerprint density at radius 2 is 2.19 bits per heavy atom. The van der Waals surface area contributed by atoms with Crippen molar-refractivity contribution in [3.05, 3.63) is 35.7 Å². The molecule has 0 aliphatic carbocycles. The molecule has 0 unspecified atom stereocenters. The van der Waals surface area contributed by atoms with Crippen LogP contribution >= 0.6 is 0 Å². The second-order valence-electron chi connectivity index (χ2n) is 3.37. The van der Waals surface area contributed by atoms with E-state index < -0.39 is 12.8 Å². The van der Waals surface area contributed by atoms with Crippen LogP contribution in [0.1, 0.15) is 13.3 Å². The molecule has 0 bridgehead atoms. The summed E-state index contributed by atoms with van der Waals surface area (Å²) in [6.45, 7) is 5.02. The summed E-state index contributed by atoms with van der Waals surface area (Å²) in [4.78, 5) is 12.7. The van der Waals surface area contributed by atoms with Crippen LogP contribution in [-0.2, 0) is 37.5 Å². The average Bonchev–Trinajstić information content (AvgIpc) is 2.09. The minimum atomic E-state index is -2.45. The maximum absolute atomic E-state index is 12.2. The van der Waals surface area contributed by atoms with Crippen LogP contribution in [-0.4, -0.2) is 24.2 Å². The summed E-state index contributed by atoms with van der Waals surface area (Å²) < 4.78 is 24.4. The van der Waals surface area contributed by atoms with E-state index in [9.17, 15) is 13.6 Å². The molecule has 0 saturated carbocycles. The summed E-state index contributed by atoms with van der Waals surface area (Å²) in [5.41, 5.74) is 1.01. The quantitative estimate of drug-likeness (QED) is 0.746. The Bertz CT molecular complexity index is 361. The van der Waals surface area contributed by atoms with Gasteiger partial charge in [-0.1, -0.05) is 18.0 Å². The van der Waals surface area contributed by atoms with E-state index in [4.69, 9.17) is 0 Å². The number of nitrogens with zero attached hydrogens (tertiary/aromatic N) is 1. The van der Waals surface area contributed by atoms with E-state index in [2.05, 4.69) is 12.8 Å². The number of carbonyl (C=O) groups is 1. The normalized spacial score (nSPS) is 15.6. The number of halogens is 2. The number of Topliss-reactive ketones (excluding diaryl/α,β-unsaturated/α-hetero) is 1. The Labute approximate surface area is 119 Å². The molecule has 0 amide bonds. The van der Waals surface area contributed by atoms with Crippen molar-refractivity contribution in [2.24, 2.45) is 0 Å². The summed E-state index contributed by atoms with van der Waals surface area (Å²) in [6.07, 6.45) is 1.39. The number of ketones is 1. The summed E-state index contributed by atoms with van der Waals surface area (Å²) in [6, 6.07) is 0. The molecule has 0 spiro atoms. The van der Waals surface area contributed by atoms with Gasteiger partial charge < -0.3 is 4.90 Å². The molecule has 1 radical (unpaired) electrons. The molecule has 0 N–H and O–H groups in total. The van der Waals surface area contributed by atoms with Gasteiger partial charge in [0, 0.05) is 39.1 Å². The van der Waals surface area contributed by atoms with Crippen molar-refractivity contribution in [1.82, 2.24) is 4.90 Å². The zero-order chi connectivity index (χ0) is 11.6. The second kappa shape index (κ2) is 6.40. The summed E-state index contributed by atoms with van der Waals surface area (Å²) in [5.74, 6) is -0.180. The number of alkyl halides is 2.